The summed E-state index contributed by atoms with van der Waals surface area (Å²) in [6.07, 6.45) is 2.17. The van der Waals surface area contributed by atoms with Gasteiger partial charge in [0.25, 0.3) is 0 Å². The lowest BCUT2D eigenvalue weighted by Gasteiger charge is -2.27. The summed E-state index contributed by atoms with van der Waals surface area (Å²) in [5.74, 6) is -1.96. The van der Waals surface area contributed by atoms with Crippen LogP contribution in [0.25, 0.3) is 0 Å². The molecule has 1 aromatic heterocycles. The monoisotopic (exact) mass is 355 g/mol. The number of ether oxygens (including phenoxy) is 1. The van der Waals surface area contributed by atoms with Crippen molar-refractivity contribution >= 4 is 23.4 Å². The van der Waals surface area contributed by atoms with Gasteiger partial charge in [-0.1, -0.05) is 17.7 Å². The first-order chi connectivity index (χ1) is 11.5. The lowest BCUT2D eigenvalue weighted by molar-refractivity contribution is -0.146. The van der Waals surface area contributed by atoms with E-state index in [0.29, 0.717) is 18.9 Å². The zero-order valence-electron chi connectivity index (χ0n) is 12.9. The van der Waals surface area contributed by atoms with E-state index in [0.717, 1.165) is 6.08 Å². The second-order valence-electron chi connectivity index (χ2n) is 5.85. The van der Waals surface area contributed by atoms with E-state index in [1.807, 2.05) is 4.90 Å². The lowest BCUT2D eigenvalue weighted by Crippen LogP contribution is -2.33. The molecule has 5 nitrogen and oxygen atoms in total. The second-order valence-corrected chi connectivity index (χ2v) is 6.23. The van der Waals surface area contributed by atoms with Gasteiger partial charge >= 0.3 is 5.97 Å². The second kappa shape index (κ2) is 6.84. The Kier molecular flexibility index (Phi) is 4.80. The van der Waals surface area contributed by atoms with Gasteiger partial charge in [-0.3, -0.25) is 4.79 Å². The molecule has 0 amide bonds. The number of hydrogen-bond acceptors (Lipinski definition) is 5. The molecule has 0 spiro atoms. The molecule has 1 saturated heterocycles. The van der Waals surface area contributed by atoms with Gasteiger partial charge in [0.15, 0.2) is 11.0 Å². The fourth-order valence-corrected chi connectivity index (χ4v) is 3.39. The highest BCUT2D eigenvalue weighted by Crippen LogP contribution is 2.38. The van der Waals surface area contributed by atoms with Crippen LogP contribution in [-0.2, 0) is 9.53 Å². The summed E-state index contributed by atoms with van der Waals surface area (Å²) >= 11 is 5.74. The molecule has 3 rings (SSSR count). The summed E-state index contributed by atoms with van der Waals surface area (Å²) in [7, 11) is 1.30. The molecule has 0 radical (unpaired) electrons. The smallest absolute Gasteiger partial charge is 0.310 e. The summed E-state index contributed by atoms with van der Waals surface area (Å²) in [6.45, 7) is 0.720. The molecule has 0 aromatic carbocycles. The van der Waals surface area contributed by atoms with Crippen LogP contribution in [0, 0.1) is 17.8 Å². The van der Waals surface area contributed by atoms with E-state index in [4.69, 9.17) is 16.3 Å². The third-order valence-electron chi connectivity index (χ3n) is 4.47. The van der Waals surface area contributed by atoms with Crippen LogP contribution < -0.4 is 4.90 Å². The van der Waals surface area contributed by atoms with Gasteiger partial charge in [0.2, 0.25) is 0 Å². The number of nitrogens with zero attached hydrogens (tertiary/aromatic N) is 3. The first kappa shape index (κ1) is 16.8. The number of alkyl halides is 1. The number of esters is 1. The molecular formula is C16H16ClF2N3O2. The Bertz CT molecular complexity index is 680. The number of anilines is 1. The van der Waals surface area contributed by atoms with E-state index in [-0.39, 0.29) is 11.1 Å². The number of allylic oxidation sites excluding steroid dienone is 4. The fraction of sp³-hybridized carbons (Fsp3) is 0.438. The molecule has 128 valence electrons. The van der Waals surface area contributed by atoms with Crippen molar-refractivity contribution in [1.29, 1.82) is 0 Å². The van der Waals surface area contributed by atoms with Crippen LogP contribution in [0.4, 0.5) is 14.6 Å². The molecule has 1 aliphatic heterocycles. The predicted octanol–water partition coefficient (Wildman–Crippen LogP) is 2.73. The van der Waals surface area contributed by atoms with Crippen molar-refractivity contribution in [2.75, 3.05) is 25.1 Å². The molecule has 24 heavy (non-hydrogen) atoms. The van der Waals surface area contributed by atoms with Gasteiger partial charge in [0.1, 0.15) is 12.0 Å². The van der Waals surface area contributed by atoms with Gasteiger partial charge in [-0.25, -0.2) is 8.78 Å². The van der Waals surface area contributed by atoms with Crippen LogP contribution in [0.1, 0.15) is 0 Å². The van der Waals surface area contributed by atoms with Crippen LogP contribution in [0.3, 0.4) is 0 Å². The predicted molar refractivity (Wildman–Crippen MR) is 85.0 cm³/mol. The lowest BCUT2D eigenvalue weighted by atomic mass is 9.79. The highest BCUT2D eigenvalue weighted by Gasteiger charge is 2.45. The van der Waals surface area contributed by atoms with Crippen LogP contribution in [0.5, 0.6) is 0 Å². The maximum Gasteiger partial charge on any atom is 0.310 e. The van der Waals surface area contributed by atoms with E-state index in [2.05, 4.69) is 10.2 Å². The summed E-state index contributed by atoms with van der Waals surface area (Å²) in [5, 5.41) is 8.05. The Morgan fingerprint density at radius 1 is 1.38 bits per heavy atom. The Balaban J connectivity index is 1.85. The minimum absolute atomic E-state index is 0.263. The third kappa shape index (κ3) is 3.26. The highest BCUT2D eigenvalue weighted by molar-refractivity contribution is 6.29. The number of rotatable bonds is 3. The number of halogens is 3. The van der Waals surface area contributed by atoms with Gasteiger partial charge in [-0.15, -0.1) is 10.2 Å². The maximum absolute atomic E-state index is 14.3. The van der Waals surface area contributed by atoms with E-state index >= 15 is 0 Å². The minimum atomic E-state index is -1.48. The molecule has 3 unspecified atom stereocenters. The zero-order chi connectivity index (χ0) is 17.3. The minimum Gasteiger partial charge on any atom is -0.469 e. The summed E-state index contributed by atoms with van der Waals surface area (Å²) in [4.78, 5) is 14.0. The normalized spacial score (nSPS) is 29.5. The first-order valence-electron chi connectivity index (χ1n) is 7.51. The summed E-state index contributed by atoms with van der Waals surface area (Å²) < 4.78 is 32.3. The van der Waals surface area contributed by atoms with Crippen LogP contribution >= 0.6 is 11.6 Å². The van der Waals surface area contributed by atoms with Crippen LogP contribution in [-0.4, -0.2) is 42.5 Å². The van der Waals surface area contributed by atoms with Gasteiger partial charge in [0.05, 0.1) is 13.0 Å². The SMILES string of the molecule is COC(=O)C1CN(c2ccc(Cl)nn2)C[C@H]1C1C=CC(F)=CC1F. The first-order valence-corrected chi connectivity index (χ1v) is 7.89. The topological polar surface area (TPSA) is 55.3 Å². The largest absolute Gasteiger partial charge is 0.469 e. The van der Waals surface area contributed by atoms with Crippen molar-refractivity contribution in [1.82, 2.24) is 10.2 Å². The number of aromatic nitrogens is 2. The number of carbonyl (C=O) groups is 1. The Morgan fingerprint density at radius 3 is 2.79 bits per heavy atom. The molecule has 4 atom stereocenters. The molecule has 8 heteroatoms. The van der Waals surface area contributed by atoms with E-state index in [9.17, 15) is 13.6 Å². The fourth-order valence-electron chi connectivity index (χ4n) is 3.29. The molecule has 0 bridgehead atoms. The average Bonchev–Trinajstić information content (AvgIpc) is 2.99. The van der Waals surface area contributed by atoms with Gasteiger partial charge in [-0.05, 0) is 24.3 Å². The van der Waals surface area contributed by atoms with Crippen molar-refractivity contribution in [2.45, 2.75) is 6.17 Å². The Labute approximate surface area is 142 Å². The van der Waals surface area contributed by atoms with E-state index < -0.39 is 29.8 Å². The van der Waals surface area contributed by atoms with Crippen molar-refractivity contribution < 1.29 is 18.3 Å². The zero-order valence-corrected chi connectivity index (χ0v) is 13.7. The van der Waals surface area contributed by atoms with Crippen molar-refractivity contribution in [3.8, 4) is 0 Å². The standard InChI is InChI=1S/C16H16ClF2N3O2/c1-24-16(23)12-8-22(15-5-4-14(17)20-21-15)7-11(12)10-3-2-9(18)6-13(10)19/h2-6,10-13H,7-8H2,1H3/t10?,11-,12?,13?/m0/s1. The van der Waals surface area contributed by atoms with Crippen LogP contribution in [0.2, 0.25) is 5.15 Å². The quantitative estimate of drug-likeness (QED) is 0.780. The summed E-state index contributed by atoms with van der Waals surface area (Å²) in [6, 6.07) is 3.29. The molecule has 0 N–H and O–H groups in total. The average molecular weight is 356 g/mol. The Morgan fingerprint density at radius 2 is 2.17 bits per heavy atom. The van der Waals surface area contributed by atoms with E-state index in [1.165, 1.54) is 19.3 Å². The number of methoxy groups -OCH3 is 1. The Hall–Kier alpha value is -2.02. The van der Waals surface area contributed by atoms with Gasteiger partial charge in [0, 0.05) is 24.9 Å². The molecule has 1 aliphatic carbocycles. The number of carbonyl (C=O) groups excluding carboxylic acids is 1. The molecule has 1 aromatic rings. The van der Waals surface area contributed by atoms with Gasteiger partial charge < -0.3 is 9.64 Å². The molecule has 1 fully saturated rings. The van der Waals surface area contributed by atoms with Crippen molar-refractivity contribution in [3.05, 3.63) is 41.3 Å². The molecular weight excluding hydrogens is 340 g/mol. The third-order valence-corrected chi connectivity index (χ3v) is 4.67. The van der Waals surface area contributed by atoms with Gasteiger partial charge in [-0.2, -0.15) is 0 Å². The molecule has 2 heterocycles. The molecule has 0 saturated carbocycles. The van der Waals surface area contributed by atoms with Crippen molar-refractivity contribution in [3.63, 3.8) is 0 Å². The molecule has 2 aliphatic rings. The number of hydrogen-bond donors (Lipinski definition) is 0. The maximum atomic E-state index is 14.3. The van der Waals surface area contributed by atoms with Crippen LogP contribution in [0.15, 0.2) is 36.2 Å². The van der Waals surface area contributed by atoms with Crippen molar-refractivity contribution in [2.24, 2.45) is 17.8 Å². The summed E-state index contributed by atoms with van der Waals surface area (Å²) in [5.41, 5.74) is 0. The van der Waals surface area contributed by atoms with E-state index in [1.54, 1.807) is 12.1 Å². The highest BCUT2D eigenvalue weighted by atomic mass is 35.5.